The van der Waals surface area contributed by atoms with Gasteiger partial charge in [0.1, 0.15) is 11.6 Å². The van der Waals surface area contributed by atoms with Crippen molar-refractivity contribution in [2.75, 3.05) is 17.4 Å². The summed E-state index contributed by atoms with van der Waals surface area (Å²) in [6.07, 6.45) is 0. The van der Waals surface area contributed by atoms with Crippen molar-refractivity contribution in [1.82, 2.24) is 15.1 Å². The minimum atomic E-state index is 0.232. The molecule has 0 unspecified atom stereocenters. The van der Waals surface area contributed by atoms with Gasteiger partial charge in [0, 0.05) is 29.4 Å². The molecule has 0 radical (unpaired) electrons. The summed E-state index contributed by atoms with van der Waals surface area (Å²) >= 11 is 0. The van der Waals surface area contributed by atoms with Crippen LogP contribution in [-0.2, 0) is 0 Å². The van der Waals surface area contributed by atoms with E-state index in [9.17, 15) is 0 Å². The zero-order valence-electron chi connectivity index (χ0n) is 15.5. The third kappa shape index (κ3) is 3.68. The Kier molecular flexibility index (Phi) is 4.21. The largest absolute Gasteiger partial charge is 0.454 e. The Bertz CT molecular complexity index is 1160. The molecule has 144 valence electrons. The van der Waals surface area contributed by atoms with Crippen LogP contribution in [0.2, 0.25) is 0 Å². The van der Waals surface area contributed by atoms with Gasteiger partial charge in [-0.3, -0.25) is 0 Å². The summed E-state index contributed by atoms with van der Waals surface area (Å²) in [5.41, 5.74) is 2.57. The predicted octanol–water partition coefficient (Wildman–Crippen LogP) is 4.66. The summed E-state index contributed by atoms with van der Waals surface area (Å²) in [6, 6.07) is 19.2. The van der Waals surface area contributed by atoms with Gasteiger partial charge in [0.05, 0.1) is 5.69 Å². The quantitative estimate of drug-likeness (QED) is 0.511. The summed E-state index contributed by atoms with van der Waals surface area (Å²) in [4.78, 5) is 9.18. The average Bonchev–Trinajstić information content (AvgIpc) is 3.37. The maximum Gasteiger partial charge on any atom is 0.231 e. The van der Waals surface area contributed by atoms with E-state index in [2.05, 4.69) is 25.8 Å². The Morgan fingerprint density at radius 2 is 1.69 bits per heavy atom. The molecule has 8 nitrogen and oxygen atoms in total. The third-order valence-corrected chi connectivity index (χ3v) is 4.31. The van der Waals surface area contributed by atoms with Gasteiger partial charge in [-0.2, -0.15) is 4.98 Å². The number of hydrogen-bond donors (Lipinski definition) is 2. The minimum absolute atomic E-state index is 0.232. The number of aromatic nitrogens is 3. The monoisotopic (exact) mass is 387 g/mol. The summed E-state index contributed by atoms with van der Waals surface area (Å²) in [6.45, 7) is 2.06. The first-order valence-corrected chi connectivity index (χ1v) is 9.04. The van der Waals surface area contributed by atoms with Crippen molar-refractivity contribution in [3.63, 3.8) is 0 Å². The summed E-state index contributed by atoms with van der Waals surface area (Å²) < 4.78 is 15.9. The molecule has 4 aromatic rings. The highest BCUT2D eigenvalue weighted by atomic mass is 16.7. The van der Waals surface area contributed by atoms with Gasteiger partial charge in [0.15, 0.2) is 17.3 Å². The zero-order chi connectivity index (χ0) is 19.6. The first-order chi connectivity index (χ1) is 14.2. The van der Waals surface area contributed by atoms with Crippen LogP contribution < -0.4 is 20.1 Å². The lowest BCUT2D eigenvalue weighted by atomic mass is 10.1. The van der Waals surface area contributed by atoms with E-state index in [1.807, 2.05) is 61.5 Å². The minimum Gasteiger partial charge on any atom is -0.454 e. The lowest BCUT2D eigenvalue weighted by Gasteiger charge is -2.11. The molecule has 0 spiro atoms. The molecule has 0 aliphatic carbocycles. The van der Waals surface area contributed by atoms with Gasteiger partial charge in [0.2, 0.25) is 12.7 Å². The van der Waals surface area contributed by atoms with E-state index < -0.39 is 0 Å². The van der Waals surface area contributed by atoms with E-state index in [0.717, 1.165) is 22.7 Å². The average molecular weight is 387 g/mol. The van der Waals surface area contributed by atoms with Crippen molar-refractivity contribution < 1.29 is 14.0 Å². The van der Waals surface area contributed by atoms with Crippen LogP contribution in [0.15, 0.2) is 65.2 Å². The topological polar surface area (TPSA) is 94.3 Å². The van der Waals surface area contributed by atoms with Crippen LogP contribution in [0.1, 0.15) is 5.76 Å². The van der Waals surface area contributed by atoms with Gasteiger partial charge in [-0.25, -0.2) is 4.98 Å². The Labute approximate surface area is 166 Å². The van der Waals surface area contributed by atoms with E-state index in [4.69, 9.17) is 14.0 Å². The van der Waals surface area contributed by atoms with Crippen LogP contribution in [0, 0.1) is 6.92 Å². The first-order valence-electron chi connectivity index (χ1n) is 9.04. The standard InChI is InChI=1S/C21H17N5O3/c1-13-9-20(26-29-13)25-21-23-16(14-5-3-2-4-6-14)11-19(24-21)22-15-7-8-17-18(10-15)28-12-27-17/h2-11H,12H2,1H3,(H2,22,23,24,25,26). The maximum absolute atomic E-state index is 5.45. The summed E-state index contributed by atoms with van der Waals surface area (Å²) in [5, 5.41) is 10.3. The molecule has 1 aliphatic heterocycles. The Hall–Kier alpha value is -4.07. The van der Waals surface area contributed by atoms with E-state index >= 15 is 0 Å². The lowest BCUT2D eigenvalue weighted by molar-refractivity contribution is 0.174. The second-order valence-corrected chi connectivity index (χ2v) is 6.47. The van der Waals surface area contributed by atoms with Gasteiger partial charge in [-0.1, -0.05) is 35.5 Å². The molecule has 0 amide bonds. The highest BCUT2D eigenvalue weighted by molar-refractivity contribution is 5.69. The number of anilines is 4. The number of nitrogens with one attached hydrogen (secondary N) is 2. The van der Waals surface area contributed by atoms with E-state index in [-0.39, 0.29) is 6.79 Å². The van der Waals surface area contributed by atoms with Crippen molar-refractivity contribution >= 4 is 23.3 Å². The van der Waals surface area contributed by atoms with Crippen molar-refractivity contribution in [3.8, 4) is 22.8 Å². The van der Waals surface area contributed by atoms with Crippen molar-refractivity contribution in [3.05, 3.63) is 66.4 Å². The maximum atomic E-state index is 5.45. The normalized spacial score (nSPS) is 12.0. The number of nitrogens with zero attached hydrogens (tertiary/aromatic N) is 3. The SMILES string of the molecule is Cc1cc(Nc2nc(Nc3ccc4c(c3)OCO4)cc(-c3ccccc3)n2)no1. The predicted molar refractivity (Wildman–Crippen MR) is 108 cm³/mol. The van der Waals surface area contributed by atoms with Crippen molar-refractivity contribution in [1.29, 1.82) is 0 Å². The molecule has 0 fully saturated rings. The van der Waals surface area contributed by atoms with Crippen LogP contribution in [0.5, 0.6) is 11.5 Å². The van der Waals surface area contributed by atoms with Crippen molar-refractivity contribution in [2.45, 2.75) is 6.92 Å². The molecule has 5 rings (SSSR count). The van der Waals surface area contributed by atoms with E-state index in [0.29, 0.717) is 29.1 Å². The molecule has 0 saturated carbocycles. The second-order valence-electron chi connectivity index (χ2n) is 6.47. The number of hydrogen-bond acceptors (Lipinski definition) is 8. The van der Waals surface area contributed by atoms with Crippen LogP contribution >= 0.6 is 0 Å². The molecule has 2 aromatic carbocycles. The number of benzene rings is 2. The number of fused-ring (bicyclic) bond motifs is 1. The highest BCUT2D eigenvalue weighted by Gasteiger charge is 2.14. The molecule has 0 bridgehead atoms. The fraction of sp³-hybridized carbons (Fsp3) is 0.0952. The molecule has 2 aromatic heterocycles. The first kappa shape index (κ1) is 17.1. The van der Waals surface area contributed by atoms with Gasteiger partial charge in [0.25, 0.3) is 0 Å². The molecule has 29 heavy (non-hydrogen) atoms. The number of rotatable bonds is 5. The smallest absolute Gasteiger partial charge is 0.231 e. The number of ether oxygens (including phenoxy) is 2. The van der Waals surface area contributed by atoms with Crippen LogP contribution in [0.25, 0.3) is 11.3 Å². The fourth-order valence-corrected chi connectivity index (χ4v) is 2.99. The van der Waals surface area contributed by atoms with Gasteiger partial charge >= 0.3 is 0 Å². The van der Waals surface area contributed by atoms with Gasteiger partial charge < -0.3 is 24.6 Å². The van der Waals surface area contributed by atoms with Crippen molar-refractivity contribution in [2.24, 2.45) is 0 Å². The third-order valence-electron chi connectivity index (χ3n) is 4.31. The molecule has 0 atom stereocenters. The highest BCUT2D eigenvalue weighted by Crippen LogP contribution is 2.35. The Balaban J connectivity index is 1.50. The Morgan fingerprint density at radius 3 is 2.52 bits per heavy atom. The van der Waals surface area contributed by atoms with E-state index in [1.165, 1.54) is 0 Å². The van der Waals surface area contributed by atoms with Crippen LogP contribution in [-0.4, -0.2) is 21.9 Å². The lowest BCUT2D eigenvalue weighted by Crippen LogP contribution is -2.02. The van der Waals surface area contributed by atoms with E-state index in [1.54, 1.807) is 6.07 Å². The molecule has 2 N–H and O–H groups in total. The summed E-state index contributed by atoms with van der Waals surface area (Å²) in [5.74, 6) is 3.70. The summed E-state index contributed by atoms with van der Waals surface area (Å²) in [7, 11) is 0. The molecular weight excluding hydrogens is 370 g/mol. The molecule has 3 heterocycles. The van der Waals surface area contributed by atoms with Crippen LogP contribution in [0.4, 0.5) is 23.3 Å². The molecule has 0 saturated heterocycles. The van der Waals surface area contributed by atoms with Gasteiger partial charge in [-0.15, -0.1) is 0 Å². The van der Waals surface area contributed by atoms with Gasteiger partial charge in [-0.05, 0) is 19.1 Å². The number of aryl methyl sites for hydroxylation is 1. The zero-order valence-corrected chi connectivity index (χ0v) is 15.5. The molecular formula is C21H17N5O3. The second kappa shape index (κ2) is 7.16. The fourth-order valence-electron chi connectivity index (χ4n) is 2.99. The molecule has 1 aliphatic rings. The molecule has 8 heteroatoms. The van der Waals surface area contributed by atoms with Crippen LogP contribution in [0.3, 0.4) is 0 Å². The Morgan fingerprint density at radius 1 is 0.828 bits per heavy atom.